The van der Waals surface area contributed by atoms with Gasteiger partial charge >= 0.3 is 5.97 Å². The highest BCUT2D eigenvalue weighted by Gasteiger charge is 2.23. The van der Waals surface area contributed by atoms with Crippen molar-refractivity contribution in [2.24, 2.45) is 0 Å². The smallest absolute Gasteiger partial charge is 0.339 e. The predicted octanol–water partition coefficient (Wildman–Crippen LogP) is 5.27. The third-order valence-corrected chi connectivity index (χ3v) is 7.40. The minimum atomic E-state index is -3.94. The van der Waals surface area contributed by atoms with E-state index in [9.17, 15) is 18.3 Å². The van der Waals surface area contributed by atoms with E-state index in [2.05, 4.69) is 14.9 Å². The van der Waals surface area contributed by atoms with Gasteiger partial charge < -0.3 is 14.5 Å². The molecule has 10 heteroatoms. The van der Waals surface area contributed by atoms with Gasteiger partial charge in [0.05, 0.1) is 10.6 Å². The number of benzene rings is 2. The van der Waals surface area contributed by atoms with E-state index in [-0.39, 0.29) is 16.3 Å². The van der Waals surface area contributed by atoms with Gasteiger partial charge in [0.15, 0.2) is 0 Å². The molecule has 0 saturated heterocycles. The molecule has 192 valence electrons. The molecular weight excluding hydrogens is 492 g/mol. The second kappa shape index (κ2) is 10.8. The minimum absolute atomic E-state index is 0.0916. The number of sulfonamides is 1. The highest BCUT2D eigenvalue weighted by atomic mass is 32.2. The van der Waals surface area contributed by atoms with Crippen molar-refractivity contribution in [1.29, 1.82) is 0 Å². The number of pyridine rings is 1. The maximum Gasteiger partial charge on any atom is 0.339 e. The summed E-state index contributed by atoms with van der Waals surface area (Å²) >= 11 is 0. The van der Waals surface area contributed by atoms with E-state index in [0.29, 0.717) is 35.7 Å². The molecule has 0 spiro atoms. The third-order valence-electron chi connectivity index (χ3n) is 6.01. The number of rotatable bonds is 10. The largest absolute Gasteiger partial charge is 0.478 e. The zero-order valence-electron chi connectivity index (χ0n) is 20.8. The van der Waals surface area contributed by atoms with E-state index in [4.69, 9.17) is 4.52 Å². The Morgan fingerprint density at radius 2 is 1.78 bits per heavy atom. The Labute approximate surface area is 215 Å². The fraction of sp³-hybridized carbons (Fsp3) is 0.222. The lowest BCUT2D eigenvalue weighted by Gasteiger charge is -2.24. The lowest BCUT2D eigenvalue weighted by Crippen LogP contribution is -2.26. The number of nitrogens with zero attached hydrogens (tertiary/aromatic N) is 3. The van der Waals surface area contributed by atoms with Crippen LogP contribution in [0, 0.1) is 13.8 Å². The summed E-state index contributed by atoms with van der Waals surface area (Å²) in [7, 11) is -3.94. The standard InChI is InChI=1S/C27H28N4O5S/c1-4-16-31(25-23(27(32)33)9-7-15-28-25)17-20-11-13-21(14-12-20)22-8-5-6-10-24(22)37(34,35)30-26-18(2)19(3)29-36-26/h5-15,30H,4,16-17H2,1-3H3,(H,32,33). The van der Waals surface area contributed by atoms with Crippen molar-refractivity contribution in [3.8, 4) is 11.1 Å². The van der Waals surface area contributed by atoms with Crippen LogP contribution in [0.3, 0.4) is 0 Å². The molecule has 2 heterocycles. The van der Waals surface area contributed by atoms with Gasteiger partial charge in [-0.3, -0.25) is 0 Å². The predicted molar refractivity (Wildman–Crippen MR) is 141 cm³/mol. The summed E-state index contributed by atoms with van der Waals surface area (Å²) in [4.78, 5) is 18.1. The van der Waals surface area contributed by atoms with Crippen molar-refractivity contribution < 1.29 is 22.8 Å². The average molecular weight is 521 g/mol. The first-order valence-corrected chi connectivity index (χ1v) is 13.3. The van der Waals surface area contributed by atoms with Crippen LogP contribution in [0.1, 0.15) is 40.5 Å². The normalized spacial score (nSPS) is 11.3. The van der Waals surface area contributed by atoms with Crippen LogP contribution in [-0.4, -0.2) is 36.2 Å². The lowest BCUT2D eigenvalue weighted by atomic mass is 10.0. The molecular formula is C27H28N4O5S. The van der Waals surface area contributed by atoms with Crippen LogP contribution in [-0.2, 0) is 16.6 Å². The molecule has 0 amide bonds. The molecule has 0 aliphatic heterocycles. The molecule has 0 aliphatic rings. The number of aryl methyl sites for hydroxylation is 1. The molecule has 0 aliphatic carbocycles. The van der Waals surface area contributed by atoms with Gasteiger partial charge in [0.25, 0.3) is 10.0 Å². The van der Waals surface area contributed by atoms with Crippen molar-refractivity contribution in [1.82, 2.24) is 10.1 Å². The Morgan fingerprint density at radius 3 is 2.43 bits per heavy atom. The molecule has 2 aromatic carbocycles. The van der Waals surface area contributed by atoms with Gasteiger partial charge in [-0.1, -0.05) is 54.5 Å². The first-order chi connectivity index (χ1) is 17.7. The van der Waals surface area contributed by atoms with Crippen LogP contribution in [0.2, 0.25) is 0 Å². The molecule has 0 atom stereocenters. The molecule has 9 nitrogen and oxygen atoms in total. The van der Waals surface area contributed by atoms with Gasteiger partial charge in [0.1, 0.15) is 11.4 Å². The average Bonchev–Trinajstić information content (AvgIpc) is 3.20. The Morgan fingerprint density at radius 1 is 1.05 bits per heavy atom. The number of anilines is 2. The highest BCUT2D eigenvalue weighted by molar-refractivity contribution is 7.92. The van der Waals surface area contributed by atoms with Crippen molar-refractivity contribution in [2.45, 2.75) is 38.6 Å². The van der Waals surface area contributed by atoms with Gasteiger partial charge in [-0.15, -0.1) is 0 Å². The molecule has 0 unspecified atom stereocenters. The zero-order valence-corrected chi connectivity index (χ0v) is 21.6. The third kappa shape index (κ3) is 5.64. The van der Waals surface area contributed by atoms with E-state index in [0.717, 1.165) is 17.5 Å². The number of nitrogens with one attached hydrogen (secondary N) is 1. The van der Waals surface area contributed by atoms with Crippen molar-refractivity contribution in [3.63, 3.8) is 0 Å². The molecule has 2 N–H and O–H groups in total. The van der Waals surface area contributed by atoms with Crippen LogP contribution in [0.5, 0.6) is 0 Å². The molecule has 0 saturated carbocycles. The summed E-state index contributed by atoms with van der Waals surface area (Å²) in [6.45, 7) is 6.58. The molecule has 37 heavy (non-hydrogen) atoms. The summed E-state index contributed by atoms with van der Waals surface area (Å²) < 4.78 is 34.1. The molecule has 0 fully saturated rings. The molecule has 0 bridgehead atoms. The number of carboxylic acid groups (broad SMARTS) is 1. The second-order valence-corrected chi connectivity index (χ2v) is 10.3. The van der Waals surface area contributed by atoms with Gasteiger partial charge in [-0.2, -0.15) is 0 Å². The summed E-state index contributed by atoms with van der Waals surface area (Å²) in [5.74, 6) is -0.517. The number of hydrogen-bond donors (Lipinski definition) is 2. The van der Waals surface area contributed by atoms with E-state index in [1.165, 1.54) is 0 Å². The molecule has 4 rings (SSSR count). The highest BCUT2D eigenvalue weighted by Crippen LogP contribution is 2.30. The fourth-order valence-corrected chi connectivity index (χ4v) is 5.26. The SMILES string of the molecule is CCCN(Cc1ccc(-c2ccccc2S(=O)(=O)Nc2onc(C)c2C)cc1)c1ncccc1C(=O)O. The monoisotopic (exact) mass is 520 g/mol. The first kappa shape index (κ1) is 25.9. The lowest BCUT2D eigenvalue weighted by molar-refractivity contribution is 0.0697. The fourth-order valence-electron chi connectivity index (χ4n) is 3.98. The molecule has 2 aromatic heterocycles. The first-order valence-electron chi connectivity index (χ1n) is 11.8. The quantitative estimate of drug-likeness (QED) is 0.290. The van der Waals surface area contributed by atoms with Crippen LogP contribution in [0.4, 0.5) is 11.7 Å². The van der Waals surface area contributed by atoms with Crippen molar-refractivity contribution >= 4 is 27.7 Å². The van der Waals surface area contributed by atoms with E-state index >= 15 is 0 Å². The number of carboxylic acids is 1. The minimum Gasteiger partial charge on any atom is -0.478 e. The van der Waals surface area contributed by atoms with Gasteiger partial charge in [-0.25, -0.2) is 22.9 Å². The maximum absolute atomic E-state index is 13.2. The van der Waals surface area contributed by atoms with Gasteiger partial charge in [-0.05, 0) is 49.6 Å². The molecule has 0 radical (unpaired) electrons. The van der Waals surface area contributed by atoms with Crippen LogP contribution in [0.25, 0.3) is 11.1 Å². The summed E-state index contributed by atoms with van der Waals surface area (Å²) in [5.41, 5.74) is 3.59. The summed E-state index contributed by atoms with van der Waals surface area (Å²) in [6.07, 6.45) is 2.40. The van der Waals surface area contributed by atoms with E-state index in [1.807, 2.05) is 36.1 Å². The Kier molecular flexibility index (Phi) is 7.58. The van der Waals surface area contributed by atoms with E-state index < -0.39 is 16.0 Å². The Balaban J connectivity index is 1.61. The number of aromatic carboxylic acids is 1. The van der Waals surface area contributed by atoms with Crippen molar-refractivity contribution in [3.05, 3.63) is 89.2 Å². The maximum atomic E-state index is 13.2. The second-order valence-electron chi connectivity index (χ2n) is 8.62. The number of hydrogen-bond acceptors (Lipinski definition) is 7. The Bertz CT molecular complexity index is 1510. The van der Waals surface area contributed by atoms with Crippen molar-refractivity contribution in [2.75, 3.05) is 16.2 Å². The van der Waals surface area contributed by atoms with Crippen LogP contribution in [0.15, 0.2) is 76.3 Å². The summed E-state index contributed by atoms with van der Waals surface area (Å²) in [6, 6.07) is 17.4. The number of aromatic nitrogens is 2. The van der Waals surface area contributed by atoms with Gasteiger partial charge in [0.2, 0.25) is 5.88 Å². The zero-order chi connectivity index (χ0) is 26.6. The number of carbonyl (C=O) groups is 1. The van der Waals surface area contributed by atoms with Gasteiger partial charge in [0, 0.05) is 30.4 Å². The summed E-state index contributed by atoms with van der Waals surface area (Å²) in [5, 5.41) is 13.4. The topological polar surface area (TPSA) is 126 Å². The Hall–Kier alpha value is -4.18. The van der Waals surface area contributed by atoms with Crippen LogP contribution < -0.4 is 9.62 Å². The van der Waals surface area contributed by atoms with Crippen LogP contribution >= 0.6 is 0 Å². The van der Waals surface area contributed by atoms with E-state index in [1.54, 1.807) is 56.4 Å². The molecule has 4 aromatic rings.